The molecule has 2 aliphatic rings. The van der Waals surface area contributed by atoms with E-state index in [1.807, 2.05) is 11.8 Å². The summed E-state index contributed by atoms with van der Waals surface area (Å²) in [6, 6.07) is -0.218. The maximum Gasteiger partial charge on any atom is 0.443 e. The molecule has 2 aliphatic heterocycles. The Labute approximate surface area is 216 Å². The number of halogens is 3. The van der Waals surface area contributed by atoms with Crippen LogP contribution in [-0.4, -0.2) is 79.3 Å². The van der Waals surface area contributed by atoms with E-state index in [1.54, 1.807) is 35.8 Å². The number of carbonyl (C=O) groups excluding carboxylic acids is 1. The van der Waals surface area contributed by atoms with Gasteiger partial charge in [-0.15, -0.1) is 0 Å². The van der Waals surface area contributed by atoms with Gasteiger partial charge in [-0.3, -0.25) is 4.79 Å². The van der Waals surface area contributed by atoms with Crippen LogP contribution in [0.2, 0.25) is 0 Å². The fraction of sp³-hybridized carbons (Fsp3) is 0.565. The van der Waals surface area contributed by atoms with Crippen molar-refractivity contribution in [3.63, 3.8) is 0 Å². The smallest absolute Gasteiger partial charge is 0.358 e. The number of rotatable bonds is 5. The molecule has 0 bridgehead atoms. The zero-order valence-electron chi connectivity index (χ0n) is 20.9. The number of hydrogen-bond donors (Lipinski definition) is 0. The normalized spacial score (nSPS) is 18.6. The molecular weight excluding hydrogens is 507 g/mol. The highest BCUT2D eigenvalue weighted by Crippen LogP contribution is 2.43. The molecule has 1 atom stereocenters. The number of nitrogens with zero attached hydrogens (tertiary/aromatic N) is 9. The zero-order valence-corrected chi connectivity index (χ0v) is 21.7. The molecule has 5 rings (SSSR count). The maximum absolute atomic E-state index is 13.6. The molecule has 1 unspecified atom stereocenters. The van der Waals surface area contributed by atoms with Crippen molar-refractivity contribution in [3.8, 4) is 11.3 Å². The molecule has 3 aromatic heterocycles. The predicted molar refractivity (Wildman–Crippen MR) is 132 cm³/mol. The van der Waals surface area contributed by atoms with E-state index in [0.29, 0.717) is 59.1 Å². The van der Waals surface area contributed by atoms with Crippen LogP contribution >= 0.6 is 11.3 Å². The van der Waals surface area contributed by atoms with E-state index in [1.165, 1.54) is 0 Å². The minimum Gasteiger partial charge on any atom is -0.358 e. The molecule has 2 saturated heterocycles. The summed E-state index contributed by atoms with van der Waals surface area (Å²) in [5.74, 6) is 1.72. The quantitative estimate of drug-likeness (QED) is 0.492. The van der Waals surface area contributed by atoms with E-state index in [2.05, 4.69) is 29.9 Å². The Hall–Kier alpha value is -3.29. The van der Waals surface area contributed by atoms with Crippen LogP contribution in [0.15, 0.2) is 12.4 Å². The van der Waals surface area contributed by atoms with Gasteiger partial charge in [-0.25, -0.2) is 24.6 Å². The fourth-order valence-electron chi connectivity index (χ4n) is 4.80. The van der Waals surface area contributed by atoms with Gasteiger partial charge in [0.2, 0.25) is 16.9 Å². The Morgan fingerprint density at radius 1 is 1.05 bits per heavy atom. The molecule has 0 saturated carbocycles. The van der Waals surface area contributed by atoms with Crippen LogP contribution in [0.3, 0.4) is 0 Å². The van der Waals surface area contributed by atoms with Crippen LogP contribution < -0.4 is 9.80 Å². The second kappa shape index (κ2) is 9.88. The van der Waals surface area contributed by atoms with Gasteiger partial charge in [0.25, 0.3) is 0 Å². The third-order valence-electron chi connectivity index (χ3n) is 6.63. The first-order valence-corrected chi connectivity index (χ1v) is 13.0. The minimum atomic E-state index is -4.56. The number of aromatic nitrogens is 6. The van der Waals surface area contributed by atoms with Crippen molar-refractivity contribution in [2.75, 3.05) is 42.5 Å². The number of hydrogen-bond acceptors (Lipinski definition) is 9. The Morgan fingerprint density at radius 2 is 1.76 bits per heavy atom. The molecule has 5 heterocycles. The Morgan fingerprint density at radius 3 is 2.35 bits per heavy atom. The topological polar surface area (TPSA) is 96.2 Å². The fourth-order valence-corrected chi connectivity index (χ4v) is 5.79. The minimum absolute atomic E-state index is 0.0712. The molecule has 198 valence electrons. The Balaban J connectivity index is 1.36. The summed E-state index contributed by atoms with van der Waals surface area (Å²) in [7, 11) is 0. The first-order chi connectivity index (χ1) is 17.6. The van der Waals surface area contributed by atoms with Gasteiger partial charge < -0.3 is 14.7 Å². The van der Waals surface area contributed by atoms with Crippen molar-refractivity contribution in [1.82, 2.24) is 34.6 Å². The lowest BCUT2D eigenvalue weighted by molar-refractivity contribution is -0.137. The molecule has 0 spiro atoms. The highest BCUT2D eigenvalue weighted by molar-refractivity contribution is 7.16. The molecule has 37 heavy (non-hydrogen) atoms. The third-order valence-corrected chi connectivity index (χ3v) is 7.80. The lowest BCUT2D eigenvalue weighted by Gasteiger charge is -2.40. The van der Waals surface area contributed by atoms with Crippen LogP contribution in [0.1, 0.15) is 36.4 Å². The Kier molecular flexibility index (Phi) is 6.77. The third kappa shape index (κ3) is 5.24. The van der Waals surface area contributed by atoms with Crippen molar-refractivity contribution in [1.29, 1.82) is 0 Å². The first kappa shape index (κ1) is 25.4. The van der Waals surface area contributed by atoms with E-state index in [0.717, 1.165) is 25.9 Å². The predicted octanol–water partition coefficient (Wildman–Crippen LogP) is 3.16. The SMILES string of the molecule is Cc1nc(C)n(CC(=O)N2CCN(c3sc(C(F)(F)F)nc3-c3cnc(N4CCCC4)nc3)CC2C)n1. The van der Waals surface area contributed by atoms with Gasteiger partial charge in [0, 0.05) is 56.7 Å². The molecule has 0 aliphatic carbocycles. The van der Waals surface area contributed by atoms with Crippen molar-refractivity contribution < 1.29 is 18.0 Å². The van der Waals surface area contributed by atoms with Crippen LogP contribution in [0, 0.1) is 13.8 Å². The van der Waals surface area contributed by atoms with Crippen molar-refractivity contribution in [3.05, 3.63) is 29.1 Å². The summed E-state index contributed by atoms with van der Waals surface area (Å²) in [6.45, 7) is 8.39. The number of anilines is 2. The first-order valence-electron chi connectivity index (χ1n) is 12.2. The summed E-state index contributed by atoms with van der Waals surface area (Å²) in [5, 5.41) is 3.75. The van der Waals surface area contributed by atoms with Crippen molar-refractivity contribution in [2.24, 2.45) is 0 Å². The van der Waals surface area contributed by atoms with Crippen LogP contribution in [0.4, 0.5) is 24.1 Å². The van der Waals surface area contributed by atoms with Gasteiger partial charge in [-0.2, -0.15) is 18.3 Å². The van der Waals surface area contributed by atoms with Gasteiger partial charge in [0.15, 0.2) is 0 Å². The number of thiazole rings is 1. The summed E-state index contributed by atoms with van der Waals surface area (Å²) in [4.78, 5) is 35.7. The molecule has 10 nitrogen and oxygen atoms in total. The van der Waals surface area contributed by atoms with Crippen molar-refractivity contribution in [2.45, 2.75) is 52.4 Å². The highest BCUT2D eigenvalue weighted by Gasteiger charge is 2.38. The van der Waals surface area contributed by atoms with Gasteiger partial charge >= 0.3 is 6.18 Å². The van der Waals surface area contributed by atoms with Gasteiger partial charge in [-0.1, -0.05) is 11.3 Å². The van der Waals surface area contributed by atoms with E-state index in [-0.39, 0.29) is 24.2 Å². The summed E-state index contributed by atoms with van der Waals surface area (Å²) < 4.78 is 42.5. The average molecular weight is 536 g/mol. The lowest BCUT2D eigenvalue weighted by Crippen LogP contribution is -2.54. The summed E-state index contributed by atoms with van der Waals surface area (Å²) in [6.07, 6.45) is 0.670. The zero-order chi connectivity index (χ0) is 26.3. The second-order valence-electron chi connectivity index (χ2n) is 9.38. The monoisotopic (exact) mass is 535 g/mol. The van der Waals surface area contributed by atoms with Crippen LogP contribution in [0.5, 0.6) is 0 Å². The number of amides is 1. The van der Waals surface area contributed by atoms with Crippen molar-refractivity contribution >= 4 is 28.2 Å². The lowest BCUT2D eigenvalue weighted by atomic mass is 10.1. The number of carbonyl (C=O) groups is 1. The Bertz CT molecular complexity index is 1270. The van der Waals surface area contributed by atoms with E-state index < -0.39 is 11.2 Å². The molecule has 2 fully saturated rings. The second-order valence-corrected chi connectivity index (χ2v) is 10.4. The van der Waals surface area contributed by atoms with Gasteiger partial charge in [0.05, 0.1) is 0 Å². The summed E-state index contributed by atoms with van der Waals surface area (Å²) in [5.41, 5.74) is 0.652. The average Bonchev–Trinajstić information content (AvgIpc) is 3.59. The van der Waals surface area contributed by atoms with Crippen LogP contribution in [0.25, 0.3) is 11.3 Å². The highest BCUT2D eigenvalue weighted by atomic mass is 32.1. The number of piperazine rings is 1. The van der Waals surface area contributed by atoms with E-state index in [9.17, 15) is 18.0 Å². The molecule has 3 aromatic rings. The molecule has 0 radical (unpaired) electrons. The standard InChI is InChI=1S/C23H28F3N9OS/c1-14-12-33(8-9-34(14)18(36)13-35-16(3)29-15(2)31-35)20-19(30-21(37-20)23(24,25)26)17-10-27-22(28-11-17)32-6-4-5-7-32/h10-11,14H,4-9,12-13H2,1-3H3. The molecule has 0 N–H and O–H groups in total. The largest absolute Gasteiger partial charge is 0.443 e. The molecule has 14 heteroatoms. The summed E-state index contributed by atoms with van der Waals surface area (Å²) >= 11 is 0.614. The van der Waals surface area contributed by atoms with Gasteiger partial charge in [-0.05, 0) is 33.6 Å². The molecular formula is C23H28F3N9OS. The van der Waals surface area contributed by atoms with Crippen LogP contribution in [-0.2, 0) is 17.5 Å². The van der Waals surface area contributed by atoms with E-state index in [4.69, 9.17) is 0 Å². The number of alkyl halides is 3. The number of aryl methyl sites for hydroxylation is 2. The molecule has 1 amide bonds. The van der Waals surface area contributed by atoms with Gasteiger partial charge in [0.1, 0.15) is 28.9 Å². The molecule has 0 aromatic carbocycles. The maximum atomic E-state index is 13.6. The van der Waals surface area contributed by atoms with E-state index >= 15 is 0 Å².